The van der Waals surface area contributed by atoms with Crippen molar-refractivity contribution in [3.05, 3.63) is 42.7 Å². The second kappa shape index (κ2) is 3.81. The van der Waals surface area contributed by atoms with Crippen molar-refractivity contribution in [2.24, 2.45) is 0 Å². The van der Waals surface area contributed by atoms with Crippen molar-refractivity contribution < 1.29 is 4.79 Å². The maximum absolute atomic E-state index is 11.1. The van der Waals surface area contributed by atoms with Crippen LogP contribution in [-0.4, -0.2) is 10.8 Å². The molecule has 13 heavy (non-hydrogen) atoms. The molecule has 0 aliphatic rings. The van der Waals surface area contributed by atoms with Crippen molar-refractivity contribution in [1.82, 2.24) is 4.98 Å². The van der Waals surface area contributed by atoms with Crippen LogP contribution in [0.25, 0.3) is 11.6 Å². The Bertz CT molecular complexity index is 366. The number of hydrogen-bond donors (Lipinski definition) is 0. The van der Waals surface area contributed by atoms with Crippen LogP contribution in [0.5, 0.6) is 0 Å². The number of carbonyl (C=O) groups is 1. The molecule has 0 spiro atoms. The van der Waals surface area contributed by atoms with Gasteiger partial charge in [-0.1, -0.05) is 19.2 Å². The fourth-order valence-electron chi connectivity index (χ4n) is 1.03. The molecule has 66 valence electrons. The number of ketones is 1. The van der Waals surface area contributed by atoms with Gasteiger partial charge in [-0.15, -0.1) is 0 Å². The minimum Gasteiger partial charge on any atom is -0.295 e. The minimum atomic E-state index is -0.0453. The third-order valence-corrected chi connectivity index (χ3v) is 1.78. The zero-order chi connectivity index (χ0) is 9.84. The van der Waals surface area contributed by atoms with E-state index in [1.165, 1.54) is 6.92 Å². The largest absolute Gasteiger partial charge is 0.295 e. The Kier molecular flexibility index (Phi) is 2.75. The maximum Gasteiger partial charge on any atom is 0.159 e. The van der Waals surface area contributed by atoms with E-state index in [-0.39, 0.29) is 5.78 Å². The van der Waals surface area contributed by atoms with Gasteiger partial charge in [0.2, 0.25) is 0 Å². The lowest BCUT2D eigenvalue weighted by atomic mass is 10.0. The van der Waals surface area contributed by atoms with Crippen molar-refractivity contribution in [3.63, 3.8) is 0 Å². The molecule has 0 N–H and O–H groups in total. The molecule has 0 radical (unpaired) electrons. The van der Waals surface area contributed by atoms with Gasteiger partial charge in [-0.3, -0.25) is 9.78 Å². The van der Waals surface area contributed by atoms with Crippen LogP contribution in [0.15, 0.2) is 31.5 Å². The Labute approximate surface area is 77.6 Å². The first-order valence-electron chi connectivity index (χ1n) is 3.94. The van der Waals surface area contributed by atoms with Crippen LogP contribution in [0.4, 0.5) is 0 Å². The molecule has 0 atom stereocenters. The van der Waals surface area contributed by atoms with Gasteiger partial charge in [0, 0.05) is 17.3 Å². The summed E-state index contributed by atoms with van der Waals surface area (Å²) in [6, 6.07) is 3.59. The molecular formula is C11H11NO. The number of hydrogen-bond acceptors (Lipinski definition) is 2. The molecule has 1 heterocycles. The van der Waals surface area contributed by atoms with E-state index >= 15 is 0 Å². The molecular weight excluding hydrogens is 162 g/mol. The quantitative estimate of drug-likeness (QED) is 0.656. The van der Waals surface area contributed by atoms with Gasteiger partial charge in [0.15, 0.2) is 5.78 Å². The Balaban J connectivity index is 3.20. The predicted octanol–water partition coefficient (Wildman–Crippen LogP) is 2.33. The summed E-state index contributed by atoms with van der Waals surface area (Å²) in [5, 5.41) is 0. The molecule has 2 nitrogen and oxygen atoms in total. The van der Waals surface area contributed by atoms with Gasteiger partial charge < -0.3 is 0 Å². The summed E-state index contributed by atoms with van der Waals surface area (Å²) >= 11 is 0. The SMILES string of the molecule is C=Cc1ncccc1C(=C)C(C)=O. The second-order valence-electron chi connectivity index (χ2n) is 2.68. The summed E-state index contributed by atoms with van der Waals surface area (Å²) < 4.78 is 0. The van der Waals surface area contributed by atoms with Gasteiger partial charge >= 0.3 is 0 Å². The molecule has 0 amide bonds. The van der Waals surface area contributed by atoms with Crippen molar-refractivity contribution in [2.45, 2.75) is 6.92 Å². The number of pyridine rings is 1. The highest BCUT2D eigenvalue weighted by Gasteiger charge is 2.07. The lowest BCUT2D eigenvalue weighted by Gasteiger charge is -2.04. The smallest absolute Gasteiger partial charge is 0.159 e. The first kappa shape index (κ1) is 9.39. The molecule has 0 saturated carbocycles. The molecule has 0 aliphatic heterocycles. The summed E-state index contributed by atoms with van der Waals surface area (Å²) in [5.74, 6) is -0.0453. The second-order valence-corrected chi connectivity index (χ2v) is 2.68. The van der Waals surface area contributed by atoms with Crippen molar-refractivity contribution in [3.8, 4) is 0 Å². The summed E-state index contributed by atoms with van der Waals surface area (Å²) in [4.78, 5) is 15.1. The van der Waals surface area contributed by atoms with E-state index in [4.69, 9.17) is 0 Å². The van der Waals surface area contributed by atoms with Crippen LogP contribution >= 0.6 is 0 Å². The molecule has 0 bridgehead atoms. The topological polar surface area (TPSA) is 30.0 Å². The van der Waals surface area contributed by atoms with Crippen molar-refractivity contribution in [2.75, 3.05) is 0 Å². The number of carbonyl (C=O) groups excluding carboxylic acids is 1. The summed E-state index contributed by atoms with van der Waals surface area (Å²) in [7, 11) is 0. The Morgan fingerprint density at radius 2 is 2.31 bits per heavy atom. The lowest BCUT2D eigenvalue weighted by Crippen LogP contribution is -1.97. The van der Waals surface area contributed by atoms with Crippen molar-refractivity contribution in [1.29, 1.82) is 0 Å². The Morgan fingerprint density at radius 1 is 1.62 bits per heavy atom. The van der Waals surface area contributed by atoms with Gasteiger partial charge in [0.25, 0.3) is 0 Å². The van der Waals surface area contributed by atoms with Gasteiger partial charge in [0.1, 0.15) is 0 Å². The number of nitrogens with zero attached hydrogens (tertiary/aromatic N) is 1. The highest BCUT2D eigenvalue weighted by Crippen LogP contribution is 2.16. The fourth-order valence-corrected chi connectivity index (χ4v) is 1.03. The number of rotatable bonds is 3. The van der Waals surface area contributed by atoms with Crippen LogP contribution in [0, 0.1) is 0 Å². The summed E-state index contributed by atoms with van der Waals surface area (Å²) in [5.41, 5.74) is 1.93. The van der Waals surface area contributed by atoms with Gasteiger partial charge in [-0.2, -0.15) is 0 Å². The highest BCUT2D eigenvalue weighted by molar-refractivity contribution is 6.19. The summed E-state index contributed by atoms with van der Waals surface area (Å²) in [6.07, 6.45) is 3.28. The number of aromatic nitrogens is 1. The third kappa shape index (κ3) is 1.90. The van der Waals surface area contributed by atoms with E-state index in [1.807, 2.05) is 6.07 Å². The summed E-state index contributed by atoms with van der Waals surface area (Å²) in [6.45, 7) is 8.80. The van der Waals surface area contributed by atoms with Gasteiger partial charge in [0.05, 0.1) is 5.69 Å². The molecule has 0 saturated heterocycles. The van der Waals surface area contributed by atoms with E-state index in [2.05, 4.69) is 18.1 Å². The number of Topliss-reactive ketones (excluding diaryl/α,β-unsaturated/α-hetero) is 1. The number of allylic oxidation sites excluding steroid dienone is 1. The molecule has 0 aliphatic carbocycles. The van der Waals surface area contributed by atoms with Gasteiger partial charge in [-0.05, 0) is 19.1 Å². The molecule has 0 unspecified atom stereocenters. The molecule has 0 fully saturated rings. The van der Waals surface area contributed by atoms with Crippen molar-refractivity contribution >= 4 is 17.4 Å². The fraction of sp³-hybridized carbons (Fsp3) is 0.0909. The van der Waals surface area contributed by atoms with E-state index in [9.17, 15) is 4.79 Å². The van der Waals surface area contributed by atoms with E-state index in [0.29, 0.717) is 11.3 Å². The molecule has 1 rings (SSSR count). The van der Waals surface area contributed by atoms with Crippen LogP contribution in [0.3, 0.4) is 0 Å². The van der Waals surface area contributed by atoms with E-state index in [1.54, 1.807) is 18.3 Å². The Hall–Kier alpha value is -1.70. The maximum atomic E-state index is 11.1. The average Bonchev–Trinajstić information content (AvgIpc) is 2.16. The molecule has 1 aromatic heterocycles. The lowest BCUT2D eigenvalue weighted by molar-refractivity contribution is -0.111. The average molecular weight is 173 g/mol. The zero-order valence-electron chi connectivity index (χ0n) is 7.58. The van der Waals surface area contributed by atoms with Crippen LogP contribution in [0.1, 0.15) is 18.2 Å². The molecule has 1 aromatic rings. The zero-order valence-corrected chi connectivity index (χ0v) is 7.58. The predicted molar refractivity (Wildman–Crippen MR) is 54.0 cm³/mol. The monoisotopic (exact) mass is 173 g/mol. The minimum absolute atomic E-state index is 0.0453. The Morgan fingerprint density at radius 3 is 2.85 bits per heavy atom. The van der Waals surface area contributed by atoms with E-state index in [0.717, 1.165) is 5.56 Å². The highest BCUT2D eigenvalue weighted by atomic mass is 16.1. The third-order valence-electron chi connectivity index (χ3n) is 1.78. The van der Waals surface area contributed by atoms with Crippen LogP contribution in [0.2, 0.25) is 0 Å². The van der Waals surface area contributed by atoms with Crippen LogP contribution in [-0.2, 0) is 4.79 Å². The standard InChI is InChI=1S/C11H11NO/c1-4-11-10(6-5-7-12-11)8(2)9(3)13/h4-7H,1-2H2,3H3. The molecule has 2 heteroatoms. The first-order valence-corrected chi connectivity index (χ1v) is 3.94. The first-order chi connectivity index (χ1) is 6.16. The van der Waals surface area contributed by atoms with E-state index < -0.39 is 0 Å². The van der Waals surface area contributed by atoms with Crippen LogP contribution < -0.4 is 0 Å². The molecule has 0 aromatic carbocycles. The normalized spacial score (nSPS) is 9.31. The van der Waals surface area contributed by atoms with Gasteiger partial charge in [-0.25, -0.2) is 0 Å².